The van der Waals surface area contributed by atoms with Crippen molar-refractivity contribution >= 4 is 5.69 Å². The minimum absolute atomic E-state index is 0.151. The average Bonchev–Trinajstić information content (AvgIpc) is 2.15. The van der Waals surface area contributed by atoms with Crippen molar-refractivity contribution < 1.29 is 0 Å². The zero-order chi connectivity index (χ0) is 11.5. The molecule has 0 spiro atoms. The number of rotatable bonds is 2. The summed E-state index contributed by atoms with van der Waals surface area (Å²) in [5.41, 5.74) is 0.678. The number of nitrogens with one attached hydrogen (secondary N) is 2. The molecular weight excluding hydrogens is 202 g/mol. The van der Waals surface area contributed by atoms with E-state index in [-0.39, 0.29) is 5.56 Å². The van der Waals surface area contributed by atoms with Crippen molar-refractivity contribution in [1.82, 2.24) is 10.2 Å². The molecule has 16 heavy (non-hydrogen) atoms. The van der Waals surface area contributed by atoms with Crippen LogP contribution in [-0.4, -0.2) is 16.2 Å². The number of aromatic amines is 1. The summed E-state index contributed by atoms with van der Waals surface area (Å²) in [6.45, 7) is 4.58. The molecule has 4 heteroatoms. The van der Waals surface area contributed by atoms with E-state index in [1.165, 1.54) is 19.3 Å². The molecule has 0 aromatic carbocycles. The van der Waals surface area contributed by atoms with Crippen molar-refractivity contribution in [2.24, 2.45) is 11.8 Å². The van der Waals surface area contributed by atoms with Gasteiger partial charge in [-0.15, -0.1) is 0 Å². The van der Waals surface area contributed by atoms with Gasteiger partial charge in [0.15, 0.2) is 0 Å². The molecule has 1 aromatic rings. The maximum atomic E-state index is 11.1. The Kier molecular flexibility index (Phi) is 3.27. The van der Waals surface area contributed by atoms with Crippen LogP contribution in [0.5, 0.6) is 0 Å². The molecule has 0 radical (unpaired) electrons. The molecule has 0 bridgehead atoms. The minimum Gasteiger partial charge on any atom is -0.381 e. The van der Waals surface area contributed by atoms with Gasteiger partial charge in [0.25, 0.3) is 5.56 Å². The summed E-state index contributed by atoms with van der Waals surface area (Å²) in [5.74, 6) is 1.52. The minimum atomic E-state index is -0.151. The maximum Gasteiger partial charge on any atom is 0.266 e. The first-order valence-corrected chi connectivity index (χ1v) is 5.94. The summed E-state index contributed by atoms with van der Waals surface area (Å²) in [7, 11) is 0. The molecule has 1 fully saturated rings. The Morgan fingerprint density at radius 3 is 2.62 bits per heavy atom. The molecule has 2 atom stereocenters. The van der Waals surface area contributed by atoms with E-state index in [0.29, 0.717) is 6.04 Å². The van der Waals surface area contributed by atoms with Gasteiger partial charge in [0.1, 0.15) is 0 Å². The molecule has 0 saturated heterocycles. The molecule has 0 aliphatic heterocycles. The van der Waals surface area contributed by atoms with Crippen LogP contribution in [0.25, 0.3) is 0 Å². The fourth-order valence-corrected chi connectivity index (χ4v) is 2.76. The smallest absolute Gasteiger partial charge is 0.266 e. The second-order valence-corrected chi connectivity index (χ2v) is 5.09. The summed E-state index contributed by atoms with van der Waals surface area (Å²) in [6.07, 6.45) is 5.34. The fraction of sp³-hybridized carbons (Fsp3) is 0.667. The first kappa shape index (κ1) is 11.2. The van der Waals surface area contributed by atoms with Crippen LogP contribution >= 0.6 is 0 Å². The lowest BCUT2D eigenvalue weighted by Crippen LogP contribution is -2.30. The predicted molar refractivity (Wildman–Crippen MR) is 64.4 cm³/mol. The highest BCUT2D eigenvalue weighted by molar-refractivity contribution is 5.39. The van der Waals surface area contributed by atoms with Crippen LogP contribution in [0.3, 0.4) is 0 Å². The van der Waals surface area contributed by atoms with E-state index in [0.717, 1.165) is 17.5 Å². The number of anilines is 1. The molecule has 1 aromatic heterocycles. The summed E-state index contributed by atoms with van der Waals surface area (Å²) < 4.78 is 0. The molecule has 0 amide bonds. The second kappa shape index (κ2) is 4.68. The van der Waals surface area contributed by atoms with E-state index in [1.54, 1.807) is 12.3 Å². The van der Waals surface area contributed by atoms with Gasteiger partial charge in [0.2, 0.25) is 0 Å². The van der Waals surface area contributed by atoms with Crippen molar-refractivity contribution in [2.45, 2.75) is 39.2 Å². The Balaban J connectivity index is 2.01. The SMILES string of the molecule is CC1CC(C)CC(Nc2cn[nH]c(=O)c2)C1. The molecule has 2 rings (SSSR count). The Labute approximate surface area is 95.5 Å². The quantitative estimate of drug-likeness (QED) is 0.803. The first-order valence-electron chi connectivity index (χ1n) is 5.94. The zero-order valence-electron chi connectivity index (χ0n) is 9.86. The molecule has 1 aliphatic carbocycles. The Morgan fingerprint density at radius 1 is 1.31 bits per heavy atom. The van der Waals surface area contributed by atoms with Crippen molar-refractivity contribution in [3.63, 3.8) is 0 Å². The summed E-state index contributed by atoms with van der Waals surface area (Å²) >= 11 is 0. The van der Waals surface area contributed by atoms with Gasteiger partial charge < -0.3 is 5.32 Å². The highest BCUT2D eigenvalue weighted by Gasteiger charge is 2.23. The molecule has 88 valence electrons. The van der Waals surface area contributed by atoms with Crippen LogP contribution in [0.2, 0.25) is 0 Å². The molecule has 4 nitrogen and oxygen atoms in total. The second-order valence-electron chi connectivity index (χ2n) is 5.09. The molecular formula is C12H19N3O. The lowest BCUT2D eigenvalue weighted by Gasteiger charge is -2.32. The van der Waals surface area contributed by atoms with Crippen LogP contribution < -0.4 is 10.9 Å². The highest BCUT2D eigenvalue weighted by Crippen LogP contribution is 2.29. The largest absolute Gasteiger partial charge is 0.381 e. The summed E-state index contributed by atoms with van der Waals surface area (Å²) in [4.78, 5) is 11.1. The van der Waals surface area contributed by atoms with Gasteiger partial charge in [0.05, 0.1) is 11.9 Å². The molecule has 2 unspecified atom stereocenters. The van der Waals surface area contributed by atoms with E-state index < -0.39 is 0 Å². The molecule has 1 aliphatic rings. The predicted octanol–water partition coefficient (Wildman–Crippen LogP) is 2.01. The Bertz CT molecular complexity index is 391. The zero-order valence-corrected chi connectivity index (χ0v) is 9.86. The number of aromatic nitrogens is 2. The molecule has 1 saturated carbocycles. The third-order valence-corrected chi connectivity index (χ3v) is 3.21. The normalized spacial score (nSPS) is 30.0. The van der Waals surface area contributed by atoms with E-state index in [4.69, 9.17) is 0 Å². The van der Waals surface area contributed by atoms with Crippen LogP contribution in [0.1, 0.15) is 33.1 Å². The van der Waals surface area contributed by atoms with Gasteiger partial charge in [-0.25, -0.2) is 5.10 Å². The van der Waals surface area contributed by atoms with Crippen LogP contribution in [0, 0.1) is 11.8 Å². The third kappa shape index (κ3) is 2.84. The van der Waals surface area contributed by atoms with E-state index >= 15 is 0 Å². The first-order chi connectivity index (χ1) is 7.63. The number of H-pyrrole nitrogens is 1. The van der Waals surface area contributed by atoms with Gasteiger partial charge in [0, 0.05) is 12.1 Å². The van der Waals surface area contributed by atoms with E-state index in [2.05, 4.69) is 29.4 Å². The van der Waals surface area contributed by atoms with Crippen LogP contribution in [-0.2, 0) is 0 Å². The standard InChI is InChI=1S/C12H19N3O/c1-8-3-9(2)5-10(4-8)14-11-6-12(16)15-13-7-11/h6-10H,3-5H2,1-2H3,(H2,14,15,16). The molecule has 1 heterocycles. The van der Waals surface area contributed by atoms with Crippen molar-refractivity contribution in [1.29, 1.82) is 0 Å². The fourth-order valence-electron chi connectivity index (χ4n) is 2.76. The average molecular weight is 221 g/mol. The van der Waals surface area contributed by atoms with Gasteiger partial charge in [-0.2, -0.15) is 5.10 Å². The van der Waals surface area contributed by atoms with Gasteiger partial charge in [-0.1, -0.05) is 13.8 Å². The van der Waals surface area contributed by atoms with Gasteiger partial charge >= 0.3 is 0 Å². The third-order valence-electron chi connectivity index (χ3n) is 3.21. The maximum absolute atomic E-state index is 11.1. The van der Waals surface area contributed by atoms with E-state index in [1.807, 2.05) is 0 Å². The summed E-state index contributed by atoms with van der Waals surface area (Å²) in [5, 5.41) is 9.57. The molecule has 2 N–H and O–H groups in total. The highest BCUT2D eigenvalue weighted by atomic mass is 16.1. The van der Waals surface area contributed by atoms with Crippen molar-refractivity contribution in [3.8, 4) is 0 Å². The Morgan fingerprint density at radius 2 is 2.00 bits per heavy atom. The van der Waals surface area contributed by atoms with Gasteiger partial charge in [-0.3, -0.25) is 4.79 Å². The van der Waals surface area contributed by atoms with Gasteiger partial charge in [-0.05, 0) is 31.1 Å². The number of hydrogen-bond donors (Lipinski definition) is 2. The number of hydrogen-bond acceptors (Lipinski definition) is 3. The lowest BCUT2D eigenvalue weighted by atomic mass is 9.80. The Hall–Kier alpha value is -1.32. The summed E-state index contributed by atoms with van der Waals surface area (Å²) in [6, 6.07) is 2.04. The van der Waals surface area contributed by atoms with Crippen LogP contribution in [0.4, 0.5) is 5.69 Å². The monoisotopic (exact) mass is 221 g/mol. The number of nitrogens with zero attached hydrogens (tertiary/aromatic N) is 1. The lowest BCUT2D eigenvalue weighted by molar-refractivity contribution is 0.281. The topological polar surface area (TPSA) is 57.8 Å². The van der Waals surface area contributed by atoms with Crippen LogP contribution in [0.15, 0.2) is 17.1 Å². The van der Waals surface area contributed by atoms with E-state index in [9.17, 15) is 4.79 Å². The van der Waals surface area contributed by atoms with Crippen molar-refractivity contribution in [2.75, 3.05) is 5.32 Å². The van der Waals surface area contributed by atoms with Crippen molar-refractivity contribution in [3.05, 3.63) is 22.6 Å².